The molecular formula is C17H19FN2O5. The van der Waals surface area contributed by atoms with Gasteiger partial charge in [-0.2, -0.15) is 0 Å². The van der Waals surface area contributed by atoms with Gasteiger partial charge in [0.15, 0.2) is 5.76 Å². The van der Waals surface area contributed by atoms with E-state index >= 15 is 0 Å². The zero-order chi connectivity index (χ0) is 18.0. The Kier molecular flexibility index (Phi) is 5.00. The number of likely N-dealkylation sites (N-methyl/N-ethyl adjacent to an activating group) is 1. The van der Waals surface area contributed by atoms with E-state index in [2.05, 4.69) is 0 Å². The molecule has 0 bridgehead atoms. The van der Waals surface area contributed by atoms with E-state index < -0.39 is 5.97 Å². The number of ether oxygens (including phenoxy) is 1. The number of carboxylic acid groups (broad SMARTS) is 1. The molecule has 1 aliphatic heterocycles. The van der Waals surface area contributed by atoms with E-state index in [0.717, 1.165) is 0 Å². The third kappa shape index (κ3) is 4.15. The molecule has 1 amide bonds. The smallest absolute Gasteiger partial charge is 0.317 e. The summed E-state index contributed by atoms with van der Waals surface area (Å²) < 4.78 is 24.4. The SMILES string of the molecule is CN(CC(=O)O)C[C@H]1CN(C(=O)c2cc3cc(F)ccc3o2)CCO1. The summed E-state index contributed by atoms with van der Waals surface area (Å²) in [6.07, 6.45) is -0.274. The molecule has 1 N–H and O–H groups in total. The Bertz CT molecular complexity index is 790. The number of furan rings is 1. The normalized spacial score (nSPS) is 18.0. The van der Waals surface area contributed by atoms with Crippen molar-refractivity contribution in [2.45, 2.75) is 6.10 Å². The number of hydrogen-bond acceptors (Lipinski definition) is 5. The summed E-state index contributed by atoms with van der Waals surface area (Å²) in [5.74, 6) is -1.44. The van der Waals surface area contributed by atoms with E-state index in [-0.39, 0.29) is 30.1 Å². The number of fused-ring (bicyclic) bond motifs is 1. The quantitative estimate of drug-likeness (QED) is 0.878. The number of amides is 1. The fraction of sp³-hybridized carbons (Fsp3) is 0.412. The van der Waals surface area contributed by atoms with E-state index in [9.17, 15) is 14.0 Å². The van der Waals surface area contributed by atoms with Gasteiger partial charge in [-0.15, -0.1) is 0 Å². The van der Waals surface area contributed by atoms with Crippen molar-refractivity contribution < 1.29 is 28.2 Å². The fourth-order valence-corrected chi connectivity index (χ4v) is 2.93. The molecule has 1 aliphatic rings. The number of nitrogens with zero attached hydrogens (tertiary/aromatic N) is 2. The van der Waals surface area contributed by atoms with E-state index in [0.29, 0.717) is 37.2 Å². The highest BCUT2D eigenvalue weighted by Gasteiger charge is 2.28. The standard InChI is InChI=1S/C17H19FN2O5/c1-19(10-16(21)22)8-13-9-20(4-5-24-13)17(23)15-7-11-6-12(18)2-3-14(11)25-15/h2-3,6-7,13H,4-5,8-10H2,1H3,(H,21,22)/t13-/m0/s1. The number of hydrogen-bond donors (Lipinski definition) is 1. The molecule has 0 radical (unpaired) electrons. The molecule has 3 rings (SSSR count). The van der Waals surface area contributed by atoms with E-state index in [1.165, 1.54) is 24.3 Å². The minimum Gasteiger partial charge on any atom is -0.480 e. The van der Waals surface area contributed by atoms with Crippen LogP contribution in [0.3, 0.4) is 0 Å². The third-order valence-corrected chi connectivity index (χ3v) is 4.04. The second-order valence-electron chi connectivity index (χ2n) is 6.13. The number of carboxylic acids is 1. The molecule has 8 heteroatoms. The lowest BCUT2D eigenvalue weighted by Gasteiger charge is -2.34. The number of carbonyl (C=O) groups excluding carboxylic acids is 1. The molecule has 134 valence electrons. The van der Waals surface area contributed by atoms with Crippen LogP contribution >= 0.6 is 0 Å². The van der Waals surface area contributed by atoms with Gasteiger partial charge in [-0.25, -0.2) is 4.39 Å². The third-order valence-electron chi connectivity index (χ3n) is 4.04. The molecule has 1 fully saturated rings. The second-order valence-corrected chi connectivity index (χ2v) is 6.13. The van der Waals surface area contributed by atoms with Gasteiger partial charge in [0.2, 0.25) is 0 Å². The van der Waals surface area contributed by atoms with Gasteiger partial charge in [0.1, 0.15) is 11.4 Å². The van der Waals surface area contributed by atoms with Crippen LogP contribution in [-0.2, 0) is 9.53 Å². The number of aliphatic carboxylic acids is 1. The van der Waals surface area contributed by atoms with Gasteiger partial charge in [-0.3, -0.25) is 14.5 Å². The van der Waals surface area contributed by atoms with Gasteiger partial charge in [-0.05, 0) is 31.3 Å². The van der Waals surface area contributed by atoms with Crippen LogP contribution in [0.25, 0.3) is 11.0 Å². The number of rotatable bonds is 5. The lowest BCUT2D eigenvalue weighted by atomic mass is 10.2. The zero-order valence-corrected chi connectivity index (χ0v) is 13.8. The molecular weight excluding hydrogens is 331 g/mol. The Hall–Kier alpha value is -2.45. The summed E-state index contributed by atoms with van der Waals surface area (Å²) in [5.41, 5.74) is 0.454. The maximum atomic E-state index is 13.3. The molecule has 1 saturated heterocycles. The highest BCUT2D eigenvalue weighted by molar-refractivity contribution is 5.96. The van der Waals surface area contributed by atoms with E-state index in [1.807, 2.05) is 0 Å². The van der Waals surface area contributed by atoms with Crippen molar-refractivity contribution in [3.8, 4) is 0 Å². The Morgan fingerprint density at radius 1 is 1.40 bits per heavy atom. The predicted molar refractivity (Wildman–Crippen MR) is 86.9 cm³/mol. The molecule has 0 aliphatic carbocycles. The van der Waals surface area contributed by atoms with Crippen molar-refractivity contribution in [2.24, 2.45) is 0 Å². The molecule has 1 aromatic carbocycles. The van der Waals surface area contributed by atoms with Crippen molar-refractivity contribution in [2.75, 3.05) is 39.8 Å². The van der Waals surface area contributed by atoms with Crippen molar-refractivity contribution in [1.82, 2.24) is 9.80 Å². The Balaban J connectivity index is 1.67. The monoisotopic (exact) mass is 350 g/mol. The van der Waals surface area contributed by atoms with Gasteiger partial charge in [-0.1, -0.05) is 0 Å². The van der Waals surface area contributed by atoms with Crippen molar-refractivity contribution in [1.29, 1.82) is 0 Å². The van der Waals surface area contributed by atoms with Gasteiger partial charge in [0, 0.05) is 25.0 Å². The summed E-state index contributed by atoms with van der Waals surface area (Å²) in [4.78, 5) is 26.6. The van der Waals surface area contributed by atoms with E-state index in [4.69, 9.17) is 14.3 Å². The summed E-state index contributed by atoms with van der Waals surface area (Å²) in [6.45, 7) is 1.44. The van der Waals surface area contributed by atoms with Crippen LogP contribution in [0.2, 0.25) is 0 Å². The highest BCUT2D eigenvalue weighted by Crippen LogP contribution is 2.22. The number of morpholine rings is 1. The number of halogens is 1. The van der Waals surface area contributed by atoms with Crippen LogP contribution in [0.1, 0.15) is 10.6 Å². The minimum atomic E-state index is -0.916. The first-order valence-corrected chi connectivity index (χ1v) is 7.92. The maximum absolute atomic E-state index is 13.3. The summed E-state index contributed by atoms with van der Waals surface area (Å²) in [5, 5.41) is 9.34. The first-order chi connectivity index (χ1) is 11.9. The molecule has 0 spiro atoms. The molecule has 0 unspecified atom stereocenters. The average Bonchev–Trinajstić information content (AvgIpc) is 2.96. The van der Waals surface area contributed by atoms with Crippen molar-refractivity contribution >= 4 is 22.8 Å². The van der Waals surface area contributed by atoms with Gasteiger partial charge >= 0.3 is 5.97 Å². The van der Waals surface area contributed by atoms with Crippen LogP contribution in [0.4, 0.5) is 4.39 Å². The van der Waals surface area contributed by atoms with Crippen LogP contribution in [-0.4, -0.2) is 72.7 Å². The fourth-order valence-electron chi connectivity index (χ4n) is 2.93. The maximum Gasteiger partial charge on any atom is 0.317 e. The highest BCUT2D eigenvalue weighted by atomic mass is 19.1. The zero-order valence-electron chi connectivity index (χ0n) is 13.8. The van der Waals surface area contributed by atoms with Crippen LogP contribution in [0, 0.1) is 5.82 Å². The Morgan fingerprint density at radius 2 is 2.20 bits per heavy atom. The van der Waals surface area contributed by atoms with Crippen LogP contribution in [0.15, 0.2) is 28.7 Å². The van der Waals surface area contributed by atoms with Crippen LogP contribution in [0.5, 0.6) is 0 Å². The van der Waals surface area contributed by atoms with Gasteiger partial charge < -0.3 is 19.2 Å². The van der Waals surface area contributed by atoms with Crippen LogP contribution < -0.4 is 0 Å². The molecule has 7 nitrogen and oxygen atoms in total. The first kappa shape index (κ1) is 17.4. The lowest BCUT2D eigenvalue weighted by molar-refractivity contribution is -0.138. The minimum absolute atomic E-state index is 0.0943. The summed E-state index contributed by atoms with van der Waals surface area (Å²) in [7, 11) is 1.69. The van der Waals surface area contributed by atoms with E-state index in [1.54, 1.807) is 16.8 Å². The average molecular weight is 350 g/mol. The predicted octanol–water partition coefficient (Wildman–Crippen LogP) is 1.43. The van der Waals surface area contributed by atoms with Crippen molar-refractivity contribution in [3.05, 3.63) is 35.8 Å². The molecule has 2 aromatic rings. The van der Waals surface area contributed by atoms with Gasteiger partial charge in [0.05, 0.1) is 19.3 Å². The molecule has 1 aromatic heterocycles. The topological polar surface area (TPSA) is 83.2 Å². The molecule has 25 heavy (non-hydrogen) atoms. The lowest BCUT2D eigenvalue weighted by Crippen LogP contribution is -2.49. The number of benzene rings is 1. The largest absolute Gasteiger partial charge is 0.480 e. The summed E-state index contributed by atoms with van der Waals surface area (Å²) >= 11 is 0. The Morgan fingerprint density at radius 3 is 2.96 bits per heavy atom. The molecule has 0 saturated carbocycles. The number of carbonyl (C=O) groups is 2. The van der Waals surface area contributed by atoms with Gasteiger partial charge in [0.25, 0.3) is 5.91 Å². The second kappa shape index (κ2) is 7.20. The molecule has 2 heterocycles. The van der Waals surface area contributed by atoms with Crippen molar-refractivity contribution in [3.63, 3.8) is 0 Å². The Labute approximate surface area is 143 Å². The molecule has 1 atom stereocenters. The first-order valence-electron chi connectivity index (χ1n) is 7.92. The summed E-state index contributed by atoms with van der Waals surface area (Å²) in [6, 6.07) is 5.62.